The van der Waals surface area contributed by atoms with E-state index in [1.165, 1.54) is 5.56 Å². The predicted molar refractivity (Wildman–Crippen MR) is 120 cm³/mol. The van der Waals surface area contributed by atoms with E-state index in [2.05, 4.69) is 10.4 Å². The lowest BCUT2D eigenvalue weighted by atomic mass is 9.83. The van der Waals surface area contributed by atoms with E-state index in [4.69, 9.17) is 4.74 Å². The molecule has 2 aromatic rings. The van der Waals surface area contributed by atoms with Crippen LogP contribution in [0.4, 0.5) is 0 Å². The highest BCUT2D eigenvalue weighted by molar-refractivity contribution is 5.85. The molecular weight excluding hydrogens is 392 g/mol. The van der Waals surface area contributed by atoms with Gasteiger partial charge in [-0.05, 0) is 44.7 Å². The molecule has 1 N–H and O–H groups in total. The van der Waals surface area contributed by atoms with Crippen molar-refractivity contribution in [2.45, 2.75) is 46.1 Å². The molecule has 0 spiro atoms. The molecule has 31 heavy (non-hydrogen) atoms. The minimum atomic E-state index is -0.284. The minimum absolute atomic E-state index is 0.000289. The number of rotatable bonds is 8. The second kappa shape index (κ2) is 10.1. The van der Waals surface area contributed by atoms with E-state index in [0.29, 0.717) is 32.5 Å². The zero-order chi connectivity index (χ0) is 22.5. The summed E-state index contributed by atoms with van der Waals surface area (Å²) in [5.41, 5.74) is 5.45. The molecular formula is C24H34N4O3. The van der Waals surface area contributed by atoms with Crippen molar-refractivity contribution >= 4 is 11.8 Å². The van der Waals surface area contributed by atoms with Gasteiger partial charge in [0.15, 0.2) is 0 Å². The Balaban J connectivity index is 1.76. The Labute approximate surface area is 184 Å². The average molecular weight is 427 g/mol. The van der Waals surface area contributed by atoms with Crippen molar-refractivity contribution in [2.75, 3.05) is 26.8 Å². The van der Waals surface area contributed by atoms with E-state index in [1.807, 2.05) is 61.7 Å². The molecule has 1 aromatic carbocycles. The van der Waals surface area contributed by atoms with Crippen molar-refractivity contribution in [2.24, 2.45) is 13.0 Å². The fourth-order valence-corrected chi connectivity index (χ4v) is 4.48. The lowest BCUT2D eigenvalue weighted by Gasteiger charge is -2.40. The molecule has 2 unspecified atom stereocenters. The second-order valence-electron chi connectivity index (χ2n) is 8.39. The summed E-state index contributed by atoms with van der Waals surface area (Å²) in [6.45, 7) is 7.55. The van der Waals surface area contributed by atoms with Crippen molar-refractivity contribution in [3.8, 4) is 0 Å². The van der Waals surface area contributed by atoms with Crippen molar-refractivity contribution < 1.29 is 14.3 Å². The molecule has 7 heteroatoms. The SMILES string of the molecule is COCCN1C(=O)CCC(C(=O)NCCc2c(C)nn(C)c2C)C1c1ccc(C)cc1. The summed E-state index contributed by atoms with van der Waals surface area (Å²) in [5.74, 6) is -0.207. The quantitative estimate of drug-likeness (QED) is 0.704. The van der Waals surface area contributed by atoms with Crippen LogP contribution in [0.2, 0.25) is 0 Å². The molecule has 0 bridgehead atoms. The number of carbonyl (C=O) groups excluding carboxylic acids is 2. The molecule has 2 atom stereocenters. The number of likely N-dealkylation sites (tertiary alicyclic amines) is 1. The number of hydrogen-bond acceptors (Lipinski definition) is 4. The number of hydrogen-bond donors (Lipinski definition) is 1. The first kappa shape index (κ1) is 23.0. The number of nitrogens with zero attached hydrogens (tertiary/aromatic N) is 3. The number of aryl methyl sites for hydroxylation is 3. The standard InChI is InChI=1S/C24H34N4O3/c1-16-6-8-19(9-7-16)23-21(10-11-22(29)28(23)14-15-31-5)24(30)25-13-12-20-17(2)26-27(4)18(20)3/h6-9,21,23H,10-15H2,1-5H3,(H,25,30). The van der Waals surface area contributed by atoms with Gasteiger partial charge in [0.05, 0.1) is 24.3 Å². The maximum absolute atomic E-state index is 13.2. The third-order valence-electron chi connectivity index (χ3n) is 6.33. The first-order chi connectivity index (χ1) is 14.8. The van der Waals surface area contributed by atoms with E-state index in [1.54, 1.807) is 7.11 Å². The van der Waals surface area contributed by atoms with Crippen LogP contribution in [0.1, 0.15) is 47.0 Å². The van der Waals surface area contributed by atoms with Gasteiger partial charge in [-0.3, -0.25) is 14.3 Å². The molecule has 0 saturated carbocycles. The molecule has 2 amide bonds. The number of ether oxygens (including phenoxy) is 1. The van der Waals surface area contributed by atoms with Gasteiger partial charge in [0.25, 0.3) is 0 Å². The van der Waals surface area contributed by atoms with Gasteiger partial charge < -0.3 is 15.0 Å². The maximum Gasteiger partial charge on any atom is 0.225 e. The van der Waals surface area contributed by atoms with Crippen LogP contribution in [0.15, 0.2) is 24.3 Å². The van der Waals surface area contributed by atoms with Crippen molar-refractivity contribution in [1.82, 2.24) is 20.0 Å². The molecule has 1 saturated heterocycles. The van der Waals surface area contributed by atoms with Gasteiger partial charge in [-0.1, -0.05) is 29.8 Å². The number of piperidine rings is 1. The summed E-state index contributed by atoms with van der Waals surface area (Å²) in [7, 11) is 3.56. The fraction of sp³-hybridized carbons (Fsp3) is 0.542. The van der Waals surface area contributed by atoms with Gasteiger partial charge in [-0.25, -0.2) is 0 Å². The number of nitrogens with one attached hydrogen (secondary N) is 1. The summed E-state index contributed by atoms with van der Waals surface area (Å²) in [4.78, 5) is 27.8. The van der Waals surface area contributed by atoms with Crippen LogP contribution in [-0.4, -0.2) is 53.3 Å². The number of benzene rings is 1. The average Bonchev–Trinajstić information content (AvgIpc) is 2.99. The maximum atomic E-state index is 13.2. The Morgan fingerprint density at radius 2 is 1.94 bits per heavy atom. The third kappa shape index (κ3) is 5.15. The van der Waals surface area contributed by atoms with Gasteiger partial charge in [0.1, 0.15) is 0 Å². The van der Waals surface area contributed by atoms with Gasteiger partial charge >= 0.3 is 0 Å². The zero-order valence-corrected chi connectivity index (χ0v) is 19.3. The van der Waals surface area contributed by atoms with E-state index in [9.17, 15) is 9.59 Å². The largest absolute Gasteiger partial charge is 0.383 e. The fourth-order valence-electron chi connectivity index (χ4n) is 4.48. The van der Waals surface area contributed by atoms with Crippen LogP contribution in [0.25, 0.3) is 0 Å². The molecule has 3 rings (SSSR count). The number of carbonyl (C=O) groups is 2. The Kier molecular flexibility index (Phi) is 7.49. The lowest BCUT2D eigenvalue weighted by molar-refractivity contribution is -0.144. The summed E-state index contributed by atoms with van der Waals surface area (Å²) in [6.07, 6.45) is 1.67. The third-order valence-corrected chi connectivity index (χ3v) is 6.33. The van der Waals surface area contributed by atoms with Crippen molar-refractivity contribution in [3.63, 3.8) is 0 Å². The molecule has 2 heterocycles. The molecule has 1 aromatic heterocycles. The first-order valence-electron chi connectivity index (χ1n) is 10.9. The molecule has 0 aliphatic carbocycles. The second-order valence-corrected chi connectivity index (χ2v) is 8.39. The van der Waals surface area contributed by atoms with Crippen molar-refractivity contribution in [1.29, 1.82) is 0 Å². The molecule has 1 aliphatic heterocycles. The number of aromatic nitrogens is 2. The monoisotopic (exact) mass is 426 g/mol. The minimum Gasteiger partial charge on any atom is -0.383 e. The van der Waals surface area contributed by atoms with Gasteiger partial charge in [-0.15, -0.1) is 0 Å². The van der Waals surface area contributed by atoms with Gasteiger partial charge in [0, 0.05) is 39.4 Å². The molecule has 1 fully saturated rings. The van der Waals surface area contributed by atoms with E-state index in [0.717, 1.165) is 28.9 Å². The van der Waals surface area contributed by atoms with Crippen LogP contribution in [0, 0.1) is 26.7 Å². The number of methoxy groups -OCH3 is 1. The lowest BCUT2D eigenvalue weighted by Crippen LogP contribution is -2.49. The molecule has 0 radical (unpaired) electrons. The van der Waals surface area contributed by atoms with Gasteiger partial charge in [-0.2, -0.15) is 5.10 Å². The Morgan fingerprint density at radius 3 is 2.55 bits per heavy atom. The van der Waals surface area contributed by atoms with E-state index in [-0.39, 0.29) is 23.8 Å². The van der Waals surface area contributed by atoms with Crippen LogP contribution >= 0.6 is 0 Å². The Morgan fingerprint density at radius 1 is 1.23 bits per heavy atom. The smallest absolute Gasteiger partial charge is 0.225 e. The highest BCUT2D eigenvalue weighted by Gasteiger charge is 2.40. The Bertz CT molecular complexity index is 920. The Hall–Kier alpha value is -2.67. The zero-order valence-electron chi connectivity index (χ0n) is 19.3. The topological polar surface area (TPSA) is 76.5 Å². The van der Waals surface area contributed by atoms with Crippen molar-refractivity contribution in [3.05, 3.63) is 52.3 Å². The van der Waals surface area contributed by atoms with Crippen LogP contribution in [-0.2, 0) is 27.8 Å². The summed E-state index contributed by atoms with van der Waals surface area (Å²) in [5, 5.41) is 7.57. The van der Waals surface area contributed by atoms with E-state index < -0.39 is 0 Å². The highest BCUT2D eigenvalue weighted by Crippen LogP contribution is 2.37. The summed E-state index contributed by atoms with van der Waals surface area (Å²) >= 11 is 0. The first-order valence-corrected chi connectivity index (χ1v) is 10.9. The van der Waals surface area contributed by atoms with E-state index >= 15 is 0 Å². The van der Waals surface area contributed by atoms with Crippen LogP contribution in [0.5, 0.6) is 0 Å². The molecule has 7 nitrogen and oxygen atoms in total. The molecule has 1 aliphatic rings. The van der Waals surface area contributed by atoms with Gasteiger partial charge in [0.2, 0.25) is 11.8 Å². The predicted octanol–water partition coefficient (Wildman–Crippen LogP) is 2.63. The van der Waals surface area contributed by atoms with Crippen LogP contribution < -0.4 is 5.32 Å². The highest BCUT2D eigenvalue weighted by atomic mass is 16.5. The summed E-state index contributed by atoms with van der Waals surface area (Å²) in [6, 6.07) is 7.85. The summed E-state index contributed by atoms with van der Waals surface area (Å²) < 4.78 is 7.10. The number of amides is 2. The van der Waals surface area contributed by atoms with Crippen LogP contribution in [0.3, 0.4) is 0 Å². The normalized spacial score (nSPS) is 19.0. The molecule has 168 valence electrons.